The fourth-order valence-electron chi connectivity index (χ4n) is 7.31. The number of fused-ring (bicyclic) bond motifs is 2. The van der Waals surface area contributed by atoms with Gasteiger partial charge in [0.15, 0.2) is 0 Å². The van der Waals surface area contributed by atoms with Crippen molar-refractivity contribution < 1.29 is 0 Å². The number of benzene rings is 7. The number of aryl methyl sites for hydroxylation is 1. The molecule has 9 rings (SSSR count). The number of rotatable bonds is 8. The van der Waals surface area contributed by atoms with Gasteiger partial charge in [-0.15, -0.1) is 0 Å². The van der Waals surface area contributed by atoms with Gasteiger partial charge in [-0.3, -0.25) is 4.57 Å². The fraction of sp³-hybridized carbons (Fsp3) is 0.0208. The van der Waals surface area contributed by atoms with Gasteiger partial charge in [-0.2, -0.15) is 0 Å². The second kappa shape index (κ2) is 13.1. The fourth-order valence-corrected chi connectivity index (χ4v) is 7.31. The molecule has 0 aliphatic rings. The van der Waals surface area contributed by atoms with Crippen LogP contribution in [0.3, 0.4) is 0 Å². The first-order valence-corrected chi connectivity index (χ1v) is 17.6. The summed E-state index contributed by atoms with van der Waals surface area (Å²) < 4.78 is 4.63. The van der Waals surface area contributed by atoms with Crippen molar-refractivity contribution >= 4 is 39.0 Å². The zero-order valence-electron chi connectivity index (χ0n) is 28.9. The Kier molecular flexibility index (Phi) is 7.83. The Balaban J connectivity index is 1.34. The van der Waals surface area contributed by atoms with Gasteiger partial charge in [0, 0.05) is 39.4 Å². The summed E-state index contributed by atoms with van der Waals surface area (Å²) in [5, 5.41) is 1.18. The lowest BCUT2D eigenvalue weighted by atomic mass is 9.99. The molecule has 0 fully saturated rings. The van der Waals surface area contributed by atoms with Crippen LogP contribution in [0.15, 0.2) is 195 Å². The van der Waals surface area contributed by atoms with Crippen molar-refractivity contribution in [2.45, 2.75) is 6.92 Å². The van der Waals surface area contributed by atoms with Crippen molar-refractivity contribution in [1.82, 2.24) is 14.1 Å². The molecule has 0 saturated heterocycles. The Morgan fingerprint density at radius 1 is 0.538 bits per heavy atom. The van der Waals surface area contributed by atoms with E-state index in [0.29, 0.717) is 0 Å². The van der Waals surface area contributed by atoms with Crippen molar-refractivity contribution in [1.29, 1.82) is 0 Å². The van der Waals surface area contributed by atoms with Gasteiger partial charge in [0.2, 0.25) is 0 Å². The molecule has 0 radical (unpaired) electrons. The van der Waals surface area contributed by atoms with Crippen LogP contribution in [0.4, 0.5) is 11.4 Å². The molecule has 0 aliphatic carbocycles. The number of aromatic nitrogens is 3. The van der Waals surface area contributed by atoms with Crippen LogP contribution in [0.2, 0.25) is 0 Å². The van der Waals surface area contributed by atoms with E-state index >= 15 is 0 Å². The van der Waals surface area contributed by atoms with E-state index in [9.17, 15) is 0 Å². The summed E-state index contributed by atoms with van der Waals surface area (Å²) in [5.41, 5.74) is 13.6. The van der Waals surface area contributed by atoms with E-state index < -0.39 is 0 Å². The third-order valence-electron chi connectivity index (χ3n) is 9.76. The topological polar surface area (TPSA) is 26.0 Å². The molecule has 7 aromatic carbocycles. The van der Waals surface area contributed by atoms with Gasteiger partial charge in [-0.05, 0) is 109 Å². The monoisotopic (exact) mass is 668 g/mol. The lowest BCUT2D eigenvalue weighted by molar-refractivity contribution is 1.10. The van der Waals surface area contributed by atoms with E-state index in [1.165, 1.54) is 10.9 Å². The quantitative estimate of drug-likeness (QED) is 0.161. The highest BCUT2D eigenvalue weighted by atomic mass is 15.2. The minimum atomic E-state index is 0.868. The standard InChI is InChI=1S/C48H36N4/c1-34-18-12-15-27-44(34)50(40-20-6-3-7-21-40)35(2)37-30-38(47-33-36-19-13-16-28-45(36)51(47)41-22-8-4-9-23-41)32-39(31-37)48-49-43-26-14-17-29-46(43)52(48)42-24-10-5-11-25-42/h3-33H,2H2,1H3. The normalized spacial score (nSPS) is 11.2. The van der Waals surface area contributed by atoms with Crippen LogP contribution in [0.5, 0.6) is 0 Å². The van der Waals surface area contributed by atoms with Crippen molar-refractivity contribution in [2.24, 2.45) is 0 Å². The summed E-state index contributed by atoms with van der Waals surface area (Å²) in [5.74, 6) is 0.868. The van der Waals surface area contributed by atoms with Crippen LogP contribution in [0.1, 0.15) is 11.1 Å². The largest absolute Gasteiger partial charge is 0.310 e. The van der Waals surface area contributed by atoms with Gasteiger partial charge in [0.05, 0.1) is 22.2 Å². The SMILES string of the molecule is C=C(c1cc(-c2cc3ccccc3n2-c2ccccc2)cc(-c2nc3ccccc3n2-c2ccccc2)c1)N(c1ccccc1)c1ccccc1C. The van der Waals surface area contributed by atoms with Crippen molar-refractivity contribution in [3.63, 3.8) is 0 Å². The van der Waals surface area contributed by atoms with Crippen LogP contribution >= 0.6 is 0 Å². The van der Waals surface area contributed by atoms with Crippen LogP contribution < -0.4 is 4.90 Å². The molecule has 9 aromatic rings. The lowest BCUT2D eigenvalue weighted by Gasteiger charge is -2.29. The molecule has 0 saturated carbocycles. The highest BCUT2D eigenvalue weighted by Crippen LogP contribution is 2.41. The third-order valence-corrected chi connectivity index (χ3v) is 9.76. The molecule has 2 aromatic heterocycles. The van der Waals surface area contributed by atoms with E-state index in [1.807, 2.05) is 0 Å². The van der Waals surface area contributed by atoms with E-state index in [4.69, 9.17) is 11.6 Å². The Morgan fingerprint density at radius 2 is 1.12 bits per heavy atom. The number of nitrogens with zero attached hydrogens (tertiary/aromatic N) is 4. The van der Waals surface area contributed by atoms with E-state index in [0.717, 1.165) is 73.2 Å². The zero-order valence-corrected chi connectivity index (χ0v) is 28.9. The smallest absolute Gasteiger partial charge is 0.145 e. The lowest BCUT2D eigenvalue weighted by Crippen LogP contribution is -2.16. The van der Waals surface area contributed by atoms with E-state index in [1.54, 1.807) is 0 Å². The van der Waals surface area contributed by atoms with E-state index in [-0.39, 0.29) is 0 Å². The van der Waals surface area contributed by atoms with Crippen LogP contribution in [0, 0.1) is 6.92 Å². The maximum atomic E-state index is 5.31. The molecule has 52 heavy (non-hydrogen) atoms. The Bertz CT molecular complexity index is 2570. The molecule has 0 amide bonds. The Hall–Kier alpha value is -6.91. The summed E-state index contributed by atoms with van der Waals surface area (Å²) in [4.78, 5) is 7.58. The second-order valence-corrected chi connectivity index (χ2v) is 13.1. The van der Waals surface area contributed by atoms with Gasteiger partial charge in [-0.25, -0.2) is 4.98 Å². The van der Waals surface area contributed by atoms with Gasteiger partial charge in [-0.1, -0.05) is 110 Å². The molecule has 2 heterocycles. The zero-order chi connectivity index (χ0) is 35.0. The number of hydrogen-bond donors (Lipinski definition) is 0. The van der Waals surface area contributed by atoms with Crippen LogP contribution in [-0.2, 0) is 0 Å². The maximum absolute atomic E-state index is 5.31. The molecule has 0 atom stereocenters. The molecule has 0 bridgehead atoms. The number of imidazole rings is 1. The molecule has 4 heteroatoms. The van der Waals surface area contributed by atoms with Gasteiger partial charge in [0.25, 0.3) is 0 Å². The Labute approximate surface area is 303 Å². The van der Waals surface area contributed by atoms with Crippen LogP contribution in [0.25, 0.3) is 61.7 Å². The molecule has 0 spiro atoms. The summed E-state index contributed by atoms with van der Waals surface area (Å²) in [7, 11) is 0. The maximum Gasteiger partial charge on any atom is 0.145 e. The molecule has 0 aliphatic heterocycles. The van der Waals surface area contributed by atoms with Crippen molar-refractivity contribution in [2.75, 3.05) is 4.90 Å². The van der Waals surface area contributed by atoms with Crippen molar-refractivity contribution in [3.8, 4) is 34.0 Å². The molecule has 4 nitrogen and oxygen atoms in total. The molecule has 0 N–H and O–H groups in total. The predicted molar refractivity (Wildman–Crippen MR) is 218 cm³/mol. The average molecular weight is 669 g/mol. The van der Waals surface area contributed by atoms with Gasteiger partial charge >= 0.3 is 0 Å². The second-order valence-electron chi connectivity index (χ2n) is 13.1. The minimum absolute atomic E-state index is 0.868. The summed E-state index contributed by atoms with van der Waals surface area (Å²) in [6.07, 6.45) is 0. The summed E-state index contributed by atoms with van der Waals surface area (Å²) in [6, 6.07) is 66.2. The third kappa shape index (κ3) is 5.47. The number of para-hydroxylation sites is 7. The number of hydrogen-bond acceptors (Lipinski definition) is 2. The summed E-state index contributed by atoms with van der Waals surface area (Å²) in [6.45, 7) is 6.98. The highest BCUT2D eigenvalue weighted by molar-refractivity contribution is 5.94. The first kappa shape index (κ1) is 31.1. The first-order valence-electron chi connectivity index (χ1n) is 17.6. The molecule has 0 unspecified atom stereocenters. The number of anilines is 2. The highest BCUT2D eigenvalue weighted by Gasteiger charge is 2.22. The Morgan fingerprint density at radius 3 is 1.85 bits per heavy atom. The van der Waals surface area contributed by atoms with Gasteiger partial charge < -0.3 is 9.47 Å². The van der Waals surface area contributed by atoms with Crippen molar-refractivity contribution in [3.05, 3.63) is 206 Å². The minimum Gasteiger partial charge on any atom is -0.310 e. The average Bonchev–Trinajstić information content (AvgIpc) is 3.79. The molecular weight excluding hydrogens is 633 g/mol. The van der Waals surface area contributed by atoms with Crippen LogP contribution in [-0.4, -0.2) is 14.1 Å². The summed E-state index contributed by atoms with van der Waals surface area (Å²) >= 11 is 0. The predicted octanol–water partition coefficient (Wildman–Crippen LogP) is 12.4. The molecule has 248 valence electrons. The van der Waals surface area contributed by atoms with Gasteiger partial charge in [0.1, 0.15) is 5.82 Å². The molecular formula is C48H36N4. The van der Waals surface area contributed by atoms with E-state index in [2.05, 4.69) is 209 Å². The first-order chi connectivity index (χ1) is 25.6.